The van der Waals surface area contributed by atoms with Gasteiger partial charge in [-0.3, -0.25) is 0 Å². The molecule has 2 rings (SSSR count). The van der Waals surface area contributed by atoms with Gasteiger partial charge >= 0.3 is 0 Å². The summed E-state index contributed by atoms with van der Waals surface area (Å²) in [6.07, 6.45) is 0. The second kappa shape index (κ2) is 6.66. The number of ether oxygens (including phenoxy) is 1. The van der Waals surface area contributed by atoms with Crippen molar-refractivity contribution in [3.8, 4) is 5.75 Å². The molecule has 0 unspecified atom stereocenters. The first-order valence-electron chi connectivity index (χ1n) is 5.51. The molecule has 0 aliphatic rings. The number of benzene rings is 2. The lowest BCUT2D eigenvalue weighted by atomic mass is 10.2. The van der Waals surface area contributed by atoms with Gasteiger partial charge in [0.15, 0.2) is 0 Å². The topological polar surface area (TPSA) is 9.23 Å². The van der Waals surface area contributed by atoms with Crippen LogP contribution in [0.2, 0.25) is 0 Å². The fraction of sp³-hybridized carbons (Fsp3) is 0.0667. The summed E-state index contributed by atoms with van der Waals surface area (Å²) in [5.74, 6) is 0.880. The van der Waals surface area contributed by atoms with Crippen LogP contribution in [0, 0.1) is 0 Å². The third-order valence-electron chi connectivity index (χ3n) is 2.41. The average molecular weight is 321 g/mol. The van der Waals surface area contributed by atoms with Crippen molar-refractivity contribution < 1.29 is 4.74 Å². The first-order chi connectivity index (χ1) is 8.79. The van der Waals surface area contributed by atoms with Gasteiger partial charge in [0, 0.05) is 9.38 Å². The van der Waals surface area contributed by atoms with Gasteiger partial charge in [0.1, 0.15) is 5.75 Å². The van der Waals surface area contributed by atoms with Crippen LogP contribution in [0.5, 0.6) is 5.75 Å². The molecule has 0 aliphatic carbocycles. The normalized spacial score (nSPS) is 11.3. The van der Waals surface area contributed by atoms with Crippen molar-refractivity contribution in [3.63, 3.8) is 0 Å². The van der Waals surface area contributed by atoms with Crippen molar-refractivity contribution >= 4 is 32.2 Å². The van der Waals surface area contributed by atoms with Gasteiger partial charge in [-0.25, -0.2) is 0 Å². The molecule has 2 aromatic rings. The Balaban J connectivity index is 2.05. The lowest BCUT2D eigenvalue weighted by molar-refractivity contribution is 0.414. The van der Waals surface area contributed by atoms with E-state index < -0.39 is 0 Å². The average Bonchev–Trinajstić information content (AvgIpc) is 2.46. The van der Waals surface area contributed by atoms with Crippen LogP contribution in [0.15, 0.2) is 64.9 Å². The molecule has 92 valence electrons. The predicted octanol–water partition coefficient (Wildman–Crippen LogP) is 5.18. The minimum atomic E-state index is 0.880. The van der Waals surface area contributed by atoms with Crippen LogP contribution < -0.4 is 4.74 Å². The summed E-state index contributed by atoms with van der Waals surface area (Å²) in [6.45, 7) is 0. The van der Waals surface area contributed by atoms with E-state index in [0.717, 1.165) is 10.2 Å². The van der Waals surface area contributed by atoms with E-state index in [1.54, 1.807) is 18.9 Å². The van der Waals surface area contributed by atoms with Gasteiger partial charge in [0.2, 0.25) is 0 Å². The molecule has 1 nitrogen and oxygen atoms in total. The van der Waals surface area contributed by atoms with E-state index in [1.807, 2.05) is 42.5 Å². The molecule has 2 aromatic carbocycles. The molecule has 0 N–H and O–H groups in total. The van der Waals surface area contributed by atoms with E-state index in [9.17, 15) is 0 Å². The molecule has 0 amide bonds. The lowest BCUT2D eigenvalue weighted by Crippen LogP contribution is -1.80. The van der Waals surface area contributed by atoms with Gasteiger partial charge in [-0.1, -0.05) is 42.1 Å². The third-order valence-corrected chi connectivity index (χ3v) is 4.30. The van der Waals surface area contributed by atoms with Crippen LogP contribution in [-0.4, -0.2) is 7.11 Å². The zero-order chi connectivity index (χ0) is 12.8. The van der Waals surface area contributed by atoms with Gasteiger partial charge in [-0.2, -0.15) is 0 Å². The Morgan fingerprint density at radius 2 is 1.72 bits per heavy atom. The fourth-order valence-electron chi connectivity index (χ4n) is 1.44. The quantitative estimate of drug-likeness (QED) is 0.718. The molecule has 0 bridgehead atoms. The molecular formula is C15H13BrOS. The van der Waals surface area contributed by atoms with Crippen molar-refractivity contribution in [2.24, 2.45) is 0 Å². The maximum absolute atomic E-state index is 5.13. The smallest absolute Gasteiger partial charge is 0.118 e. The van der Waals surface area contributed by atoms with E-state index in [-0.39, 0.29) is 0 Å². The molecular weight excluding hydrogens is 308 g/mol. The molecule has 0 atom stereocenters. The number of rotatable bonds is 4. The lowest BCUT2D eigenvalue weighted by Gasteiger charge is -2.02. The Bertz CT molecular complexity index is 520. The van der Waals surface area contributed by atoms with E-state index in [0.29, 0.717) is 0 Å². The summed E-state index contributed by atoms with van der Waals surface area (Å²) in [5.41, 5.74) is 1.18. The Labute approximate surface area is 120 Å². The number of thioether (sulfide) groups is 1. The summed E-state index contributed by atoms with van der Waals surface area (Å²) in [4.78, 5) is 1.18. The van der Waals surface area contributed by atoms with Gasteiger partial charge < -0.3 is 4.74 Å². The number of halogens is 1. The van der Waals surface area contributed by atoms with Crippen LogP contribution in [-0.2, 0) is 0 Å². The molecule has 0 saturated heterocycles. The summed E-state index contributed by atoms with van der Waals surface area (Å²) in [5, 5.41) is 2.09. The Morgan fingerprint density at radius 3 is 2.33 bits per heavy atom. The minimum Gasteiger partial charge on any atom is -0.497 e. The van der Waals surface area contributed by atoms with Crippen LogP contribution in [0.1, 0.15) is 5.56 Å². The maximum Gasteiger partial charge on any atom is 0.118 e. The van der Waals surface area contributed by atoms with E-state index in [4.69, 9.17) is 4.74 Å². The molecule has 0 saturated carbocycles. The highest BCUT2D eigenvalue weighted by atomic mass is 79.9. The van der Waals surface area contributed by atoms with Crippen LogP contribution in [0.3, 0.4) is 0 Å². The zero-order valence-electron chi connectivity index (χ0n) is 9.97. The SMILES string of the molecule is COc1ccc(S/C=C(\Br)c2ccccc2)cc1. The summed E-state index contributed by atoms with van der Waals surface area (Å²) in [7, 11) is 1.67. The Kier molecular flexibility index (Phi) is 4.90. The molecule has 0 heterocycles. The van der Waals surface area contributed by atoms with Crippen LogP contribution >= 0.6 is 27.7 Å². The highest BCUT2D eigenvalue weighted by Gasteiger charge is 1.97. The molecule has 0 aliphatic heterocycles. The Hall–Kier alpha value is -1.19. The molecule has 18 heavy (non-hydrogen) atoms. The standard InChI is InChI=1S/C15H13BrOS/c1-17-13-7-9-14(10-8-13)18-11-15(16)12-5-3-2-4-6-12/h2-11H,1H3/b15-11-. The van der Waals surface area contributed by atoms with E-state index in [2.05, 4.69) is 33.5 Å². The van der Waals surface area contributed by atoms with Gasteiger partial charge in [0.05, 0.1) is 7.11 Å². The van der Waals surface area contributed by atoms with Crippen molar-refractivity contribution in [3.05, 3.63) is 65.6 Å². The maximum atomic E-state index is 5.13. The highest BCUT2D eigenvalue weighted by Crippen LogP contribution is 2.29. The molecule has 0 radical (unpaired) electrons. The van der Waals surface area contributed by atoms with Crippen LogP contribution in [0.25, 0.3) is 4.48 Å². The molecule has 0 fully saturated rings. The zero-order valence-corrected chi connectivity index (χ0v) is 12.4. The third kappa shape index (κ3) is 3.65. The van der Waals surface area contributed by atoms with Crippen molar-refractivity contribution in [1.82, 2.24) is 0 Å². The summed E-state index contributed by atoms with van der Waals surface area (Å²) >= 11 is 5.27. The van der Waals surface area contributed by atoms with Crippen molar-refractivity contribution in [2.75, 3.05) is 7.11 Å². The molecule has 0 aromatic heterocycles. The molecule has 0 spiro atoms. The second-order valence-electron chi connectivity index (χ2n) is 3.63. The first-order valence-corrected chi connectivity index (χ1v) is 7.18. The van der Waals surface area contributed by atoms with Crippen molar-refractivity contribution in [1.29, 1.82) is 0 Å². The number of hydrogen-bond donors (Lipinski definition) is 0. The Morgan fingerprint density at radius 1 is 1.06 bits per heavy atom. The van der Waals surface area contributed by atoms with Gasteiger partial charge in [-0.15, -0.1) is 0 Å². The van der Waals surface area contributed by atoms with Crippen LogP contribution in [0.4, 0.5) is 0 Å². The first kappa shape index (κ1) is 13.2. The summed E-state index contributed by atoms with van der Waals surface area (Å²) in [6, 6.07) is 18.3. The largest absolute Gasteiger partial charge is 0.497 e. The van der Waals surface area contributed by atoms with Gasteiger partial charge in [-0.05, 0) is 51.2 Å². The fourth-order valence-corrected chi connectivity index (χ4v) is 2.65. The highest BCUT2D eigenvalue weighted by molar-refractivity contribution is 9.15. The second-order valence-corrected chi connectivity index (χ2v) is 5.42. The number of methoxy groups -OCH3 is 1. The van der Waals surface area contributed by atoms with Crippen molar-refractivity contribution in [2.45, 2.75) is 4.90 Å². The predicted molar refractivity (Wildman–Crippen MR) is 82.2 cm³/mol. The molecule has 3 heteroatoms. The summed E-state index contributed by atoms with van der Waals surface area (Å²) < 4.78 is 6.22. The van der Waals surface area contributed by atoms with E-state index in [1.165, 1.54) is 10.5 Å². The van der Waals surface area contributed by atoms with Gasteiger partial charge in [0.25, 0.3) is 0 Å². The number of hydrogen-bond acceptors (Lipinski definition) is 2. The van der Waals surface area contributed by atoms with E-state index >= 15 is 0 Å². The minimum absolute atomic E-state index is 0.880. The monoisotopic (exact) mass is 320 g/mol.